The van der Waals surface area contributed by atoms with Gasteiger partial charge in [-0.3, -0.25) is 4.79 Å². The molecule has 1 rings (SSSR count). The standard InChI is InChI=1S/C14H26N2O3/c1-10(2)16(9-5-8-13(17)18)14(19)15-11(3)12-6-4-7-12/h10-12H,4-9H2,1-3H3,(H,15,19)(H,17,18). The van der Waals surface area contributed by atoms with Crippen molar-refractivity contribution in [3.63, 3.8) is 0 Å². The summed E-state index contributed by atoms with van der Waals surface area (Å²) in [6.07, 6.45) is 4.26. The molecule has 5 nitrogen and oxygen atoms in total. The van der Waals surface area contributed by atoms with Crippen LogP contribution in [0.25, 0.3) is 0 Å². The van der Waals surface area contributed by atoms with Gasteiger partial charge in [-0.05, 0) is 46.0 Å². The molecule has 1 atom stereocenters. The Morgan fingerprint density at radius 1 is 1.32 bits per heavy atom. The van der Waals surface area contributed by atoms with Crippen LogP contribution in [0.15, 0.2) is 0 Å². The molecule has 2 N–H and O–H groups in total. The van der Waals surface area contributed by atoms with Crippen molar-refractivity contribution >= 4 is 12.0 Å². The van der Waals surface area contributed by atoms with Crippen molar-refractivity contribution in [2.75, 3.05) is 6.54 Å². The van der Waals surface area contributed by atoms with Crippen LogP contribution in [-0.4, -0.2) is 40.6 Å². The first-order valence-corrected chi connectivity index (χ1v) is 7.20. The van der Waals surface area contributed by atoms with E-state index in [4.69, 9.17) is 5.11 Å². The molecule has 1 unspecified atom stereocenters. The van der Waals surface area contributed by atoms with Crippen LogP contribution in [0.2, 0.25) is 0 Å². The number of hydrogen-bond donors (Lipinski definition) is 2. The average molecular weight is 270 g/mol. The third-order valence-electron chi connectivity index (χ3n) is 3.88. The van der Waals surface area contributed by atoms with Crippen molar-refractivity contribution in [3.05, 3.63) is 0 Å². The van der Waals surface area contributed by atoms with Crippen LogP contribution in [0, 0.1) is 5.92 Å². The maximum Gasteiger partial charge on any atom is 0.317 e. The molecule has 0 aromatic rings. The lowest BCUT2D eigenvalue weighted by Gasteiger charge is -2.34. The van der Waals surface area contributed by atoms with E-state index in [0.29, 0.717) is 18.9 Å². The molecule has 1 aliphatic carbocycles. The number of carboxylic acids is 1. The molecule has 0 bridgehead atoms. The molecule has 1 aliphatic rings. The summed E-state index contributed by atoms with van der Waals surface area (Å²) in [4.78, 5) is 24.4. The molecule has 0 aliphatic heterocycles. The number of nitrogens with zero attached hydrogens (tertiary/aromatic N) is 1. The molecule has 0 radical (unpaired) electrons. The molecule has 1 saturated carbocycles. The Labute approximate surface area is 115 Å². The number of amides is 2. The largest absolute Gasteiger partial charge is 0.481 e. The van der Waals surface area contributed by atoms with Gasteiger partial charge >= 0.3 is 12.0 Å². The monoisotopic (exact) mass is 270 g/mol. The summed E-state index contributed by atoms with van der Waals surface area (Å²) in [5, 5.41) is 11.7. The van der Waals surface area contributed by atoms with Crippen LogP contribution in [0.1, 0.15) is 52.9 Å². The smallest absolute Gasteiger partial charge is 0.317 e. The topological polar surface area (TPSA) is 69.6 Å². The van der Waals surface area contributed by atoms with Gasteiger partial charge in [0.2, 0.25) is 0 Å². The Morgan fingerprint density at radius 2 is 1.95 bits per heavy atom. The molecule has 0 aromatic heterocycles. The van der Waals surface area contributed by atoms with Gasteiger partial charge in [-0.15, -0.1) is 0 Å². The third-order valence-corrected chi connectivity index (χ3v) is 3.88. The minimum absolute atomic E-state index is 0.0696. The Balaban J connectivity index is 2.40. The van der Waals surface area contributed by atoms with Gasteiger partial charge in [0.1, 0.15) is 0 Å². The number of urea groups is 1. The molecule has 0 saturated heterocycles. The number of rotatable bonds is 7. The predicted octanol–water partition coefficient (Wildman–Crippen LogP) is 2.46. The first kappa shape index (κ1) is 15.8. The second kappa shape index (κ2) is 7.36. The van der Waals surface area contributed by atoms with Crippen molar-refractivity contribution in [1.29, 1.82) is 0 Å². The highest BCUT2D eigenvalue weighted by molar-refractivity contribution is 5.75. The average Bonchev–Trinajstić information content (AvgIpc) is 2.20. The fourth-order valence-corrected chi connectivity index (χ4v) is 2.33. The summed E-state index contributed by atoms with van der Waals surface area (Å²) in [7, 11) is 0. The highest BCUT2D eigenvalue weighted by Gasteiger charge is 2.27. The van der Waals surface area contributed by atoms with Crippen molar-refractivity contribution in [2.24, 2.45) is 5.92 Å². The lowest BCUT2D eigenvalue weighted by molar-refractivity contribution is -0.137. The van der Waals surface area contributed by atoms with Gasteiger partial charge < -0.3 is 15.3 Å². The van der Waals surface area contributed by atoms with E-state index < -0.39 is 5.97 Å². The summed E-state index contributed by atoms with van der Waals surface area (Å²) >= 11 is 0. The minimum Gasteiger partial charge on any atom is -0.481 e. The van der Waals surface area contributed by atoms with Crippen LogP contribution in [0.5, 0.6) is 0 Å². The van der Waals surface area contributed by atoms with Gasteiger partial charge in [-0.25, -0.2) is 4.79 Å². The number of carboxylic acid groups (broad SMARTS) is 1. The molecular formula is C14H26N2O3. The number of nitrogens with one attached hydrogen (secondary N) is 1. The van der Waals surface area contributed by atoms with E-state index in [1.54, 1.807) is 4.90 Å². The summed E-state index contributed by atoms with van der Waals surface area (Å²) in [6, 6.07) is 0.226. The lowest BCUT2D eigenvalue weighted by Crippen LogP contribution is -2.50. The maximum absolute atomic E-state index is 12.2. The Bertz CT molecular complexity index is 314. The van der Waals surface area contributed by atoms with Crippen LogP contribution in [0.3, 0.4) is 0 Å². The molecule has 1 fully saturated rings. The van der Waals surface area contributed by atoms with Crippen molar-refractivity contribution in [3.8, 4) is 0 Å². The minimum atomic E-state index is -0.813. The van der Waals surface area contributed by atoms with E-state index in [0.717, 1.165) is 0 Å². The summed E-state index contributed by atoms with van der Waals surface area (Å²) in [6.45, 7) is 6.45. The lowest BCUT2D eigenvalue weighted by atomic mass is 9.80. The molecule has 19 heavy (non-hydrogen) atoms. The number of carbonyl (C=O) groups is 2. The zero-order chi connectivity index (χ0) is 14.4. The first-order chi connectivity index (χ1) is 8.91. The third kappa shape index (κ3) is 5.09. The van der Waals surface area contributed by atoms with Crippen LogP contribution in [0.4, 0.5) is 4.79 Å². The van der Waals surface area contributed by atoms with Crippen molar-refractivity contribution < 1.29 is 14.7 Å². The van der Waals surface area contributed by atoms with Gasteiger partial charge in [-0.1, -0.05) is 6.42 Å². The molecule has 0 heterocycles. The number of hydrogen-bond acceptors (Lipinski definition) is 2. The Morgan fingerprint density at radius 3 is 2.37 bits per heavy atom. The SMILES string of the molecule is CC(NC(=O)N(CCCC(=O)O)C(C)C)C1CCC1. The molecule has 2 amide bonds. The van der Waals surface area contributed by atoms with E-state index in [2.05, 4.69) is 12.2 Å². The van der Waals surface area contributed by atoms with Crippen molar-refractivity contribution in [2.45, 2.75) is 65.0 Å². The number of carbonyl (C=O) groups excluding carboxylic acids is 1. The van der Waals surface area contributed by atoms with Gasteiger partial charge in [0, 0.05) is 25.0 Å². The molecule has 110 valence electrons. The van der Waals surface area contributed by atoms with E-state index in [9.17, 15) is 9.59 Å². The van der Waals surface area contributed by atoms with Crippen LogP contribution >= 0.6 is 0 Å². The second-order valence-electron chi connectivity index (χ2n) is 5.71. The van der Waals surface area contributed by atoms with Crippen LogP contribution < -0.4 is 5.32 Å². The highest BCUT2D eigenvalue weighted by Crippen LogP contribution is 2.29. The fourth-order valence-electron chi connectivity index (χ4n) is 2.33. The molecule has 5 heteroatoms. The zero-order valence-electron chi connectivity index (χ0n) is 12.2. The normalized spacial score (nSPS) is 16.8. The molecular weight excluding hydrogens is 244 g/mol. The summed E-state index contributed by atoms with van der Waals surface area (Å²) in [5.41, 5.74) is 0. The fraction of sp³-hybridized carbons (Fsp3) is 0.857. The Kier molecular flexibility index (Phi) is 6.12. The van der Waals surface area contributed by atoms with Gasteiger partial charge in [-0.2, -0.15) is 0 Å². The predicted molar refractivity (Wildman–Crippen MR) is 74.0 cm³/mol. The second-order valence-corrected chi connectivity index (χ2v) is 5.71. The van der Waals surface area contributed by atoms with Gasteiger partial charge in [0.05, 0.1) is 0 Å². The van der Waals surface area contributed by atoms with Crippen molar-refractivity contribution in [1.82, 2.24) is 10.2 Å². The Hall–Kier alpha value is -1.26. The van der Waals surface area contributed by atoms with E-state index in [-0.39, 0.29) is 24.5 Å². The highest BCUT2D eigenvalue weighted by atomic mass is 16.4. The van der Waals surface area contributed by atoms with E-state index >= 15 is 0 Å². The summed E-state index contributed by atoms with van der Waals surface area (Å²) in [5.74, 6) is -0.205. The molecule has 0 aromatic carbocycles. The summed E-state index contributed by atoms with van der Waals surface area (Å²) < 4.78 is 0. The van der Waals surface area contributed by atoms with Crippen LogP contribution in [-0.2, 0) is 4.79 Å². The van der Waals surface area contributed by atoms with E-state index in [1.807, 2.05) is 13.8 Å². The first-order valence-electron chi connectivity index (χ1n) is 7.20. The van der Waals surface area contributed by atoms with Gasteiger partial charge in [0.25, 0.3) is 0 Å². The molecule has 0 spiro atoms. The van der Waals surface area contributed by atoms with Gasteiger partial charge in [0.15, 0.2) is 0 Å². The maximum atomic E-state index is 12.2. The quantitative estimate of drug-likeness (QED) is 0.746. The zero-order valence-corrected chi connectivity index (χ0v) is 12.2. The number of aliphatic carboxylic acids is 1. The van der Waals surface area contributed by atoms with E-state index in [1.165, 1.54) is 19.3 Å².